The van der Waals surface area contributed by atoms with E-state index in [-0.39, 0.29) is 16.5 Å². The first-order valence-corrected chi connectivity index (χ1v) is 3.01. The third-order valence-electron chi connectivity index (χ3n) is 0.998. The van der Waals surface area contributed by atoms with E-state index in [2.05, 4.69) is 10.2 Å². The molecule has 1 rings (SSSR count). The van der Waals surface area contributed by atoms with Gasteiger partial charge in [-0.1, -0.05) is 11.6 Å². The van der Waals surface area contributed by atoms with Crippen LogP contribution in [0.1, 0.15) is 10.4 Å². The van der Waals surface area contributed by atoms with E-state index in [9.17, 15) is 4.79 Å². The molecule has 58 valence electrons. The fraction of sp³-hybridized carbons (Fsp3) is 0. The topological polar surface area (TPSA) is 89.1 Å². The van der Waals surface area contributed by atoms with Gasteiger partial charge in [-0.05, 0) is 6.07 Å². The minimum absolute atomic E-state index is 0.0341. The predicted molar refractivity (Wildman–Crippen MR) is 38.4 cm³/mol. The van der Waals surface area contributed by atoms with Crippen LogP contribution in [0.4, 0.5) is 5.82 Å². The molecule has 0 radical (unpaired) electrons. The van der Waals surface area contributed by atoms with Gasteiger partial charge >= 0.3 is 5.97 Å². The Bertz CT molecular complexity index is 302. The number of nitrogen functional groups attached to an aromatic ring is 1. The molecule has 0 unspecified atom stereocenters. The quantitative estimate of drug-likeness (QED) is 0.642. The highest BCUT2D eigenvalue weighted by Gasteiger charge is 2.10. The number of halogens is 1. The lowest BCUT2D eigenvalue weighted by Gasteiger charge is -1.95. The SMILES string of the molecule is Nc1cc(C(=O)O)c(Cl)nn1. The van der Waals surface area contributed by atoms with Crippen molar-refractivity contribution >= 4 is 23.4 Å². The Morgan fingerprint density at radius 1 is 1.64 bits per heavy atom. The van der Waals surface area contributed by atoms with Crippen molar-refractivity contribution in [1.82, 2.24) is 10.2 Å². The maximum Gasteiger partial charge on any atom is 0.339 e. The highest BCUT2D eigenvalue weighted by atomic mass is 35.5. The minimum atomic E-state index is -1.17. The smallest absolute Gasteiger partial charge is 0.339 e. The fourth-order valence-electron chi connectivity index (χ4n) is 0.542. The van der Waals surface area contributed by atoms with Gasteiger partial charge in [0.1, 0.15) is 11.4 Å². The third kappa shape index (κ3) is 1.56. The Morgan fingerprint density at radius 2 is 2.27 bits per heavy atom. The Balaban J connectivity index is 3.23. The summed E-state index contributed by atoms with van der Waals surface area (Å²) in [6, 6.07) is 1.15. The van der Waals surface area contributed by atoms with Gasteiger partial charge in [0.15, 0.2) is 5.15 Å². The van der Waals surface area contributed by atoms with Crippen LogP contribution in [0, 0.1) is 0 Å². The zero-order valence-corrected chi connectivity index (χ0v) is 6.04. The number of carbonyl (C=O) groups is 1. The van der Waals surface area contributed by atoms with Crippen LogP contribution in [0.15, 0.2) is 6.07 Å². The number of nitrogens with zero attached hydrogens (tertiary/aromatic N) is 2. The molecule has 0 amide bonds. The average molecular weight is 174 g/mol. The molecule has 0 saturated carbocycles. The summed E-state index contributed by atoms with van der Waals surface area (Å²) in [5.74, 6) is -1.14. The summed E-state index contributed by atoms with van der Waals surface area (Å²) >= 11 is 5.38. The maximum atomic E-state index is 10.4. The van der Waals surface area contributed by atoms with Crippen molar-refractivity contribution in [3.05, 3.63) is 16.8 Å². The first-order chi connectivity index (χ1) is 5.11. The maximum absolute atomic E-state index is 10.4. The Morgan fingerprint density at radius 3 is 2.73 bits per heavy atom. The zero-order valence-electron chi connectivity index (χ0n) is 5.28. The highest BCUT2D eigenvalue weighted by Crippen LogP contribution is 2.12. The van der Waals surface area contributed by atoms with Gasteiger partial charge in [-0.3, -0.25) is 0 Å². The van der Waals surface area contributed by atoms with Gasteiger partial charge in [0, 0.05) is 0 Å². The summed E-state index contributed by atoms with van der Waals surface area (Å²) in [5.41, 5.74) is 5.03. The number of hydrogen-bond donors (Lipinski definition) is 2. The number of aromatic nitrogens is 2. The molecule has 1 heterocycles. The molecule has 6 heteroatoms. The molecule has 1 aromatic rings. The van der Waals surface area contributed by atoms with Gasteiger partial charge < -0.3 is 10.8 Å². The van der Waals surface area contributed by atoms with E-state index in [0.29, 0.717) is 0 Å². The molecule has 3 N–H and O–H groups in total. The van der Waals surface area contributed by atoms with Gasteiger partial charge in [-0.2, -0.15) is 0 Å². The van der Waals surface area contributed by atoms with Crippen molar-refractivity contribution in [3.63, 3.8) is 0 Å². The molecule has 0 atom stereocenters. The summed E-state index contributed by atoms with van der Waals surface area (Å²) in [6.07, 6.45) is 0. The first-order valence-electron chi connectivity index (χ1n) is 2.63. The molecule has 0 aliphatic heterocycles. The van der Waals surface area contributed by atoms with Crippen LogP contribution in [-0.2, 0) is 0 Å². The van der Waals surface area contributed by atoms with E-state index >= 15 is 0 Å². The van der Waals surface area contributed by atoms with Crippen LogP contribution >= 0.6 is 11.6 Å². The third-order valence-corrected chi connectivity index (χ3v) is 1.28. The number of hydrogen-bond acceptors (Lipinski definition) is 4. The molecule has 1 aromatic heterocycles. The normalized spacial score (nSPS) is 9.55. The summed E-state index contributed by atoms with van der Waals surface area (Å²) in [4.78, 5) is 10.4. The van der Waals surface area contributed by atoms with Crippen LogP contribution in [0.5, 0.6) is 0 Å². The second-order valence-corrected chi connectivity index (χ2v) is 2.14. The lowest BCUT2D eigenvalue weighted by molar-refractivity contribution is 0.0696. The fourth-order valence-corrected chi connectivity index (χ4v) is 0.715. The first kappa shape index (κ1) is 7.74. The standard InChI is InChI=1S/C5H4ClN3O2/c6-4-2(5(10)11)1-3(7)8-9-4/h1H,(H2,7,8)(H,10,11). The van der Waals surface area contributed by atoms with E-state index in [1.165, 1.54) is 0 Å². The zero-order chi connectivity index (χ0) is 8.43. The van der Waals surface area contributed by atoms with E-state index < -0.39 is 5.97 Å². The number of aromatic carboxylic acids is 1. The predicted octanol–water partition coefficient (Wildman–Crippen LogP) is 0.410. The van der Waals surface area contributed by atoms with Gasteiger partial charge in [-0.15, -0.1) is 10.2 Å². The summed E-state index contributed by atoms with van der Waals surface area (Å²) in [5, 5.41) is 15.0. The second kappa shape index (κ2) is 2.71. The Hall–Kier alpha value is -1.36. The molecule has 0 aromatic carbocycles. The van der Waals surface area contributed by atoms with Crippen molar-refractivity contribution in [2.75, 3.05) is 5.73 Å². The molecule has 0 fully saturated rings. The lowest BCUT2D eigenvalue weighted by Crippen LogP contribution is -2.03. The summed E-state index contributed by atoms with van der Waals surface area (Å²) in [7, 11) is 0. The summed E-state index contributed by atoms with van der Waals surface area (Å²) < 4.78 is 0. The van der Waals surface area contributed by atoms with Crippen molar-refractivity contribution < 1.29 is 9.90 Å². The monoisotopic (exact) mass is 173 g/mol. The van der Waals surface area contributed by atoms with Crippen LogP contribution < -0.4 is 5.73 Å². The number of rotatable bonds is 1. The minimum Gasteiger partial charge on any atom is -0.478 e. The van der Waals surface area contributed by atoms with Crippen molar-refractivity contribution in [3.8, 4) is 0 Å². The molecule has 0 saturated heterocycles. The van der Waals surface area contributed by atoms with E-state index in [4.69, 9.17) is 22.4 Å². The molecular formula is C5H4ClN3O2. The van der Waals surface area contributed by atoms with Gasteiger partial charge in [0.2, 0.25) is 0 Å². The van der Waals surface area contributed by atoms with Gasteiger partial charge in [-0.25, -0.2) is 4.79 Å². The lowest BCUT2D eigenvalue weighted by atomic mass is 10.3. The number of anilines is 1. The van der Waals surface area contributed by atoms with E-state index in [1.54, 1.807) is 0 Å². The highest BCUT2D eigenvalue weighted by molar-refractivity contribution is 6.32. The molecular weight excluding hydrogens is 170 g/mol. The van der Waals surface area contributed by atoms with Crippen LogP contribution in [0.25, 0.3) is 0 Å². The average Bonchev–Trinajstić information content (AvgIpc) is 1.94. The van der Waals surface area contributed by atoms with Crippen LogP contribution in [0.3, 0.4) is 0 Å². The van der Waals surface area contributed by atoms with Crippen molar-refractivity contribution in [2.45, 2.75) is 0 Å². The number of carboxylic acid groups (broad SMARTS) is 1. The number of nitrogens with two attached hydrogens (primary N) is 1. The largest absolute Gasteiger partial charge is 0.478 e. The Labute approximate surface area is 66.8 Å². The van der Waals surface area contributed by atoms with E-state index in [1.807, 2.05) is 0 Å². The molecule has 0 aliphatic rings. The molecule has 5 nitrogen and oxygen atoms in total. The Kier molecular flexibility index (Phi) is 1.91. The molecule has 0 spiro atoms. The van der Waals surface area contributed by atoms with Crippen molar-refractivity contribution in [1.29, 1.82) is 0 Å². The van der Waals surface area contributed by atoms with Gasteiger partial charge in [0.05, 0.1) is 0 Å². The molecule has 0 bridgehead atoms. The molecule has 11 heavy (non-hydrogen) atoms. The van der Waals surface area contributed by atoms with E-state index in [0.717, 1.165) is 6.07 Å². The summed E-state index contributed by atoms with van der Waals surface area (Å²) in [6.45, 7) is 0. The van der Waals surface area contributed by atoms with Gasteiger partial charge in [0.25, 0.3) is 0 Å². The van der Waals surface area contributed by atoms with Crippen LogP contribution in [0.2, 0.25) is 5.15 Å². The van der Waals surface area contributed by atoms with Crippen LogP contribution in [-0.4, -0.2) is 21.3 Å². The second-order valence-electron chi connectivity index (χ2n) is 1.78. The number of carboxylic acids is 1. The molecule has 0 aliphatic carbocycles. The van der Waals surface area contributed by atoms with Crippen molar-refractivity contribution in [2.24, 2.45) is 0 Å².